The minimum atomic E-state index is -0.738. The van der Waals surface area contributed by atoms with E-state index in [2.05, 4.69) is 42.4 Å². The molecule has 6 rings (SSSR count). The van der Waals surface area contributed by atoms with Crippen LogP contribution in [0, 0.1) is 11.6 Å². The fourth-order valence-electron chi connectivity index (χ4n) is 5.45. The van der Waals surface area contributed by atoms with Crippen molar-refractivity contribution < 1.29 is 23.0 Å². The lowest BCUT2D eigenvalue weighted by Gasteiger charge is -2.35. The summed E-state index contributed by atoms with van der Waals surface area (Å²) in [4.78, 5) is 21.9. The summed E-state index contributed by atoms with van der Waals surface area (Å²) in [6.45, 7) is 8.99. The predicted molar refractivity (Wildman–Crippen MR) is 176 cm³/mol. The van der Waals surface area contributed by atoms with Gasteiger partial charge in [0.1, 0.15) is 23.7 Å². The highest BCUT2D eigenvalue weighted by Gasteiger charge is 2.26. The quantitative estimate of drug-likeness (QED) is 0.198. The average molecular weight is 680 g/mol. The van der Waals surface area contributed by atoms with Crippen molar-refractivity contribution in [3.8, 4) is 22.7 Å². The zero-order chi connectivity index (χ0) is 33.7. The molecule has 1 unspecified atom stereocenters. The van der Waals surface area contributed by atoms with Crippen molar-refractivity contribution in [2.75, 3.05) is 32.7 Å². The Hall–Kier alpha value is -4.37. The Labute approximate surface area is 282 Å². The van der Waals surface area contributed by atoms with Crippen LogP contribution >= 0.6 is 11.8 Å². The molecule has 1 saturated heterocycles. The molecule has 0 bridgehead atoms. The molecule has 4 aromatic rings. The van der Waals surface area contributed by atoms with Crippen LogP contribution in [-0.4, -0.2) is 94.2 Å². The Kier molecular flexibility index (Phi) is 10.3. The maximum atomic E-state index is 15.3. The molecule has 1 atom stereocenters. The highest BCUT2D eigenvalue weighted by atomic mass is 32.2. The van der Waals surface area contributed by atoms with Crippen LogP contribution in [-0.2, 0) is 17.9 Å². The van der Waals surface area contributed by atoms with E-state index >= 15 is 8.78 Å². The molecule has 15 heteroatoms. The lowest BCUT2D eigenvalue weighted by atomic mass is 10.1. The molecule has 0 saturated carbocycles. The van der Waals surface area contributed by atoms with Crippen molar-refractivity contribution in [2.45, 2.75) is 69.2 Å². The molecule has 3 aromatic heterocycles. The minimum absolute atomic E-state index is 0.0187. The van der Waals surface area contributed by atoms with Crippen molar-refractivity contribution >= 4 is 17.9 Å². The molecule has 1 amide bonds. The number of amides is 1. The molecule has 1 aromatic carbocycles. The second-order valence-corrected chi connectivity index (χ2v) is 13.9. The van der Waals surface area contributed by atoms with Crippen molar-refractivity contribution in [3.05, 3.63) is 72.5 Å². The van der Waals surface area contributed by atoms with Crippen LogP contribution in [0.3, 0.4) is 0 Å². The molecule has 1 aliphatic carbocycles. The molecule has 2 aliphatic rings. The van der Waals surface area contributed by atoms with E-state index in [1.165, 1.54) is 11.0 Å². The highest BCUT2D eigenvalue weighted by molar-refractivity contribution is 7.99. The number of ether oxygens (including phenoxy) is 2. The summed E-state index contributed by atoms with van der Waals surface area (Å²) in [7, 11) is 0. The van der Waals surface area contributed by atoms with Gasteiger partial charge in [-0.3, -0.25) is 14.5 Å². The molecular formula is C33H39F2N9O3S. The third-order valence-electron chi connectivity index (χ3n) is 7.90. The van der Waals surface area contributed by atoms with Crippen molar-refractivity contribution in [2.24, 2.45) is 0 Å². The van der Waals surface area contributed by atoms with Crippen LogP contribution < -0.4 is 4.74 Å². The Morgan fingerprint density at radius 3 is 2.62 bits per heavy atom. The normalized spacial score (nSPS) is 17.1. The molecule has 0 radical (unpaired) electrons. The zero-order valence-corrected chi connectivity index (χ0v) is 28.1. The summed E-state index contributed by atoms with van der Waals surface area (Å²) in [5.41, 5.74) is 0.403. The van der Waals surface area contributed by atoms with Gasteiger partial charge >= 0.3 is 6.09 Å². The number of thioether (sulfide) groups is 1. The number of piperazine rings is 1. The molecule has 254 valence electrons. The maximum absolute atomic E-state index is 15.3. The van der Waals surface area contributed by atoms with Crippen LogP contribution in [0.5, 0.6) is 5.75 Å². The fourth-order valence-corrected chi connectivity index (χ4v) is 6.60. The maximum Gasteiger partial charge on any atom is 0.410 e. The van der Waals surface area contributed by atoms with Gasteiger partial charge in [-0.15, -0.1) is 10.2 Å². The number of halogens is 2. The van der Waals surface area contributed by atoms with E-state index in [-0.39, 0.29) is 35.0 Å². The number of allylic oxidation sites excluding steroid dienone is 1. The number of nitrogens with zero attached hydrogens (tertiary/aromatic N) is 9. The molecule has 12 nitrogen and oxygen atoms in total. The SMILES string of the molecule is CC(C)(C)OC(=O)N1CCN(CCn2ncc(-c3cc(F)c(OCc4nnc(SC5C=CCCC5)n4-c4cccnc4)cc3F)n2)CC1. The van der Waals surface area contributed by atoms with Crippen molar-refractivity contribution in [1.82, 2.24) is 44.5 Å². The third kappa shape index (κ3) is 8.37. The smallest absolute Gasteiger partial charge is 0.410 e. The van der Waals surface area contributed by atoms with Crippen LogP contribution in [0.25, 0.3) is 16.9 Å². The van der Waals surface area contributed by atoms with Crippen LogP contribution in [0.4, 0.5) is 13.6 Å². The minimum Gasteiger partial charge on any atom is -0.482 e. The number of benzene rings is 1. The van der Waals surface area contributed by atoms with Gasteiger partial charge in [0.2, 0.25) is 0 Å². The monoisotopic (exact) mass is 679 g/mol. The number of carbonyl (C=O) groups excluding carboxylic acids is 1. The summed E-state index contributed by atoms with van der Waals surface area (Å²) in [6, 6.07) is 5.78. The van der Waals surface area contributed by atoms with Gasteiger partial charge in [-0.2, -0.15) is 15.0 Å². The number of carbonyl (C=O) groups is 1. The second-order valence-electron chi connectivity index (χ2n) is 12.6. The number of rotatable bonds is 10. The Morgan fingerprint density at radius 2 is 1.90 bits per heavy atom. The lowest BCUT2D eigenvalue weighted by Crippen LogP contribution is -2.50. The molecular weight excluding hydrogens is 640 g/mol. The van der Waals surface area contributed by atoms with Crippen LogP contribution in [0.2, 0.25) is 0 Å². The van der Waals surface area contributed by atoms with Gasteiger partial charge in [0.05, 0.1) is 24.6 Å². The first-order valence-corrected chi connectivity index (χ1v) is 16.9. The number of pyridine rings is 1. The zero-order valence-electron chi connectivity index (χ0n) is 27.3. The Bertz CT molecular complexity index is 1730. The van der Waals surface area contributed by atoms with E-state index in [0.717, 1.165) is 37.1 Å². The van der Waals surface area contributed by atoms with Gasteiger partial charge < -0.3 is 14.4 Å². The number of hydrogen-bond donors (Lipinski definition) is 0. The first-order chi connectivity index (χ1) is 23.1. The van der Waals surface area contributed by atoms with Crippen LogP contribution in [0.15, 0.2) is 60.2 Å². The molecule has 1 aliphatic heterocycles. The van der Waals surface area contributed by atoms with Gasteiger partial charge in [0.15, 0.2) is 22.5 Å². The molecule has 1 fully saturated rings. The van der Waals surface area contributed by atoms with E-state index < -0.39 is 17.2 Å². The van der Waals surface area contributed by atoms with E-state index in [1.807, 2.05) is 37.5 Å². The first-order valence-electron chi connectivity index (χ1n) is 16.0. The average Bonchev–Trinajstić information content (AvgIpc) is 3.71. The summed E-state index contributed by atoms with van der Waals surface area (Å²) in [6.07, 6.45) is 12.1. The first kappa shape index (κ1) is 33.5. The van der Waals surface area contributed by atoms with Gasteiger partial charge in [-0.1, -0.05) is 23.9 Å². The molecule has 0 N–H and O–H groups in total. The van der Waals surface area contributed by atoms with Crippen molar-refractivity contribution in [1.29, 1.82) is 0 Å². The Morgan fingerprint density at radius 1 is 1.06 bits per heavy atom. The predicted octanol–water partition coefficient (Wildman–Crippen LogP) is 5.53. The number of hydrogen-bond acceptors (Lipinski definition) is 10. The van der Waals surface area contributed by atoms with E-state index in [9.17, 15) is 4.79 Å². The topological polar surface area (TPSA) is 116 Å². The van der Waals surface area contributed by atoms with E-state index in [0.29, 0.717) is 50.2 Å². The van der Waals surface area contributed by atoms with Crippen molar-refractivity contribution in [3.63, 3.8) is 0 Å². The van der Waals surface area contributed by atoms with Gasteiger partial charge in [-0.05, 0) is 58.2 Å². The third-order valence-corrected chi connectivity index (χ3v) is 9.07. The molecule has 48 heavy (non-hydrogen) atoms. The number of aromatic nitrogens is 7. The summed E-state index contributed by atoms with van der Waals surface area (Å²) in [5, 5.41) is 18.3. The molecule has 4 heterocycles. The van der Waals surface area contributed by atoms with E-state index in [1.54, 1.807) is 29.1 Å². The van der Waals surface area contributed by atoms with Crippen LogP contribution in [0.1, 0.15) is 45.9 Å². The lowest BCUT2D eigenvalue weighted by molar-refractivity contribution is 0.0141. The van der Waals surface area contributed by atoms with E-state index in [4.69, 9.17) is 9.47 Å². The molecule has 0 spiro atoms. The summed E-state index contributed by atoms with van der Waals surface area (Å²) >= 11 is 1.60. The summed E-state index contributed by atoms with van der Waals surface area (Å²) < 4.78 is 43.6. The standard InChI is InChI=1S/C33H39F2N9O3S/c1-33(2,3)47-32(45)42-15-12-41(13-16-42)14-17-43-37-21-28(40-43)25-18-27(35)29(19-26(25)34)46-22-30-38-39-31(48-24-9-5-4-6-10-24)44(30)23-8-7-11-36-20-23/h5,7-9,11,18-21,24H,4,6,10,12-17,22H2,1-3H3. The highest BCUT2D eigenvalue weighted by Crippen LogP contribution is 2.32. The van der Waals surface area contributed by atoms with Gasteiger partial charge in [0.25, 0.3) is 0 Å². The summed E-state index contributed by atoms with van der Waals surface area (Å²) in [5.74, 6) is -1.24. The Balaban J connectivity index is 1.07. The second kappa shape index (κ2) is 14.8. The van der Waals surface area contributed by atoms with Gasteiger partial charge in [0, 0.05) is 55.8 Å². The largest absolute Gasteiger partial charge is 0.482 e. The fraction of sp³-hybridized carbons (Fsp3) is 0.455. The van der Waals surface area contributed by atoms with Gasteiger partial charge in [-0.25, -0.2) is 13.6 Å².